The zero-order valence-corrected chi connectivity index (χ0v) is 15.1. The topological polar surface area (TPSA) is 72.3 Å². The van der Waals surface area contributed by atoms with Crippen LogP contribution in [0, 0.1) is 6.92 Å². The van der Waals surface area contributed by atoms with Crippen LogP contribution in [-0.2, 0) is 6.54 Å². The van der Waals surface area contributed by atoms with Crippen LogP contribution >= 0.6 is 24.0 Å². The van der Waals surface area contributed by atoms with Gasteiger partial charge in [-0.2, -0.15) is 0 Å². The van der Waals surface area contributed by atoms with E-state index in [-0.39, 0.29) is 24.0 Å². The first-order valence-electron chi connectivity index (χ1n) is 7.13. The van der Waals surface area contributed by atoms with Crippen molar-refractivity contribution in [3.8, 4) is 5.82 Å². The predicted octanol–water partition coefficient (Wildman–Crippen LogP) is 2.10. The summed E-state index contributed by atoms with van der Waals surface area (Å²) in [6.07, 6.45) is 7.94. The predicted molar refractivity (Wildman–Crippen MR) is 97.6 cm³/mol. The van der Waals surface area contributed by atoms with Crippen molar-refractivity contribution in [2.45, 2.75) is 32.4 Å². The highest BCUT2D eigenvalue weighted by molar-refractivity contribution is 14.0. The minimum atomic E-state index is 0. The van der Waals surface area contributed by atoms with Crippen LogP contribution in [-0.4, -0.2) is 38.5 Å². The first kappa shape index (κ1) is 16.7. The number of aliphatic imine (C=N–C) groups is 1. The third-order valence-corrected chi connectivity index (χ3v) is 3.76. The van der Waals surface area contributed by atoms with Crippen LogP contribution in [0.15, 0.2) is 35.7 Å². The maximum atomic E-state index is 5.98. The van der Waals surface area contributed by atoms with E-state index in [1.54, 1.807) is 6.20 Å². The molecule has 7 heteroatoms. The molecule has 0 bridgehead atoms. The van der Waals surface area contributed by atoms with Crippen LogP contribution in [0.2, 0.25) is 0 Å². The number of halogens is 1. The number of imidazole rings is 1. The van der Waals surface area contributed by atoms with Gasteiger partial charge in [-0.25, -0.2) is 15.0 Å². The minimum absolute atomic E-state index is 0. The van der Waals surface area contributed by atoms with Gasteiger partial charge in [-0.1, -0.05) is 6.07 Å². The van der Waals surface area contributed by atoms with E-state index in [1.165, 1.54) is 12.8 Å². The number of hydrogen-bond acceptors (Lipinski definition) is 3. The molecule has 6 nitrogen and oxygen atoms in total. The fourth-order valence-electron chi connectivity index (χ4n) is 2.21. The summed E-state index contributed by atoms with van der Waals surface area (Å²) < 4.78 is 1.95. The van der Waals surface area contributed by atoms with E-state index in [0.717, 1.165) is 17.2 Å². The van der Waals surface area contributed by atoms with Crippen molar-refractivity contribution < 1.29 is 0 Å². The van der Waals surface area contributed by atoms with Gasteiger partial charge in [-0.15, -0.1) is 24.0 Å². The molecule has 2 aromatic heterocycles. The SMILES string of the molecule is Cc1nccn1-c1ccc(CN=C(N)N(C)C2CC2)cn1.I. The molecule has 1 fully saturated rings. The number of hydrogen-bond donors (Lipinski definition) is 1. The maximum Gasteiger partial charge on any atom is 0.191 e. The standard InChI is InChI=1S/C15H20N6.HI/c1-11-17-7-8-21(11)14-6-3-12(9-18-14)10-19-15(16)20(2)13-4-5-13;/h3,6-9,13H,4-5,10H2,1-2H3,(H2,16,19);1H. The highest BCUT2D eigenvalue weighted by Crippen LogP contribution is 2.24. The summed E-state index contributed by atoms with van der Waals surface area (Å²) in [5, 5.41) is 0. The van der Waals surface area contributed by atoms with Gasteiger partial charge in [0.25, 0.3) is 0 Å². The minimum Gasteiger partial charge on any atom is -0.370 e. The molecule has 0 aromatic carbocycles. The van der Waals surface area contributed by atoms with Crippen molar-refractivity contribution in [2.75, 3.05) is 7.05 Å². The Morgan fingerprint density at radius 3 is 2.73 bits per heavy atom. The van der Waals surface area contributed by atoms with E-state index < -0.39 is 0 Å². The number of nitrogens with two attached hydrogens (primary N) is 1. The van der Waals surface area contributed by atoms with E-state index in [2.05, 4.69) is 19.9 Å². The van der Waals surface area contributed by atoms with Crippen molar-refractivity contribution in [1.82, 2.24) is 19.4 Å². The summed E-state index contributed by atoms with van der Waals surface area (Å²) in [7, 11) is 2.00. The van der Waals surface area contributed by atoms with Gasteiger partial charge in [0.1, 0.15) is 11.6 Å². The Kier molecular flexibility index (Phi) is 5.38. The van der Waals surface area contributed by atoms with E-state index >= 15 is 0 Å². The Morgan fingerprint density at radius 1 is 1.41 bits per heavy atom. The van der Waals surface area contributed by atoms with Crippen LogP contribution in [0.3, 0.4) is 0 Å². The molecule has 1 saturated carbocycles. The molecule has 0 unspecified atom stereocenters. The van der Waals surface area contributed by atoms with Crippen molar-refractivity contribution in [3.05, 3.63) is 42.1 Å². The van der Waals surface area contributed by atoms with Gasteiger partial charge in [0.05, 0.1) is 6.54 Å². The van der Waals surface area contributed by atoms with Crippen LogP contribution in [0.4, 0.5) is 0 Å². The van der Waals surface area contributed by atoms with Crippen LogP contribution in [0.1, 0.15) is 24.2 Å². The van der Waals surface area contributed by atoms with Crippen LogP contribution in [0.25, 0.3) is 5.82 Å². The normalized spacial score (nSPS) is 14.5. The molecule has 0 amide bonds. The lowest BCUT2D eigenvalue weighted by Gasteiger charge is -2.16. The summed E-state index contributed by atoms with van der Waals surface area (Å²) in [6.45, 7) is 2.51. The zero-order valence-electron chi connectivity index (χ0n) is 12.8. The molecule has 0 atom stereocenters. The number of aryl methyl sites for hydroxylation is 1. The molecule has 1 aliphatic carbocycles. The molecule has 1 aliphatic rings. The lowest BCUT2D eigenvalue weighted by Crippen LogP contribution is -2.35. The van der Waals surface area contributed by atoms with E-state index in [4.69, 9.17) is 5.73 Å². The number of rotatable bonds is 4. The molecule has 22 heavy (non-hydrogen) atoms. The monoisotopic (exact) mass is 412 g/mol. The Labute approximate surface area is 147 Å². The Balaban J connectivity index is 0.00000176. The molecular weight excluding hydrogens is 391 g/mol. The molecular formula is C15H21IN6. The molecule has 0 radical (unpaired) electrons. The molecule has 3 rings (SSSR count). The van der Waals surface area contributed by atoms with E-state index in [1.807, 2.05) is 43.1 Å². The first-order chi connectivity index (χ1) is 10.1. The third-order valence-electron chi connectivity index (χ3n) is 3.76. The highest BCUT2D eigenvalue weighted by atomic mass is 127. The summed E-state index contributed by atoms with van der Waals surface area (Å²) in [5.41, 5.74) is 7.02. The van der Waals surface area contributed by atoms with Crippen molar-refractivity contribution in [2.24, 2.45) is 10.7 Å². The van der Waals surface area contributed by atoms with Crippen molar-refractivity contribution in [3.63, 3.8) is 0 Å². The van der Waals surface area contributed by atoms with Gasteiger partial charge in [-0.3, -0.25) is 4.57 Å². The lowest BCUT2D eigenvalue weighted by molar-refractivity contribution is 0.487. The number of aromatic nitrogens is 3. The fraction of sp³-hybridized carbons (Fsp3) is 0.400. The van der Waals surface area contributed by atoms with Crippen LogP contribution < -0.4 is 5.73 Å². The molecule has 0 aliphatic heterocycles. The Morgan fingerprint density at radius 2 is 2.18 bits per heavy atom. The molecule has 0 saturated heterocycles. The zero-order chi connectivity index (χ0) is 14.8. The second-order valence-corrected chi connectivity index (χ2v) is 5.39. The van der Waals surface area contributed by atoms with Crippen molar-refractivity contribution >= 4 is 29.9 Å². The molecule has 2 heterocycles. The number of pyridine rings is 1. The second kappa shape index (κ2) is 7.08. The maximum absolute atomic E-state index is 5.98. The number of guanidine groups is 1. The quantitative estimate of drug-likeness (QED) is 0.475. The smallest absolute Gasteiger partial charge is 0.191 e. The Bertz CT molecular complexity index is 644. The second-order valence-electron chi connectivity index (χ2n) is 5.39. The van der Waals surface area contributed by atoms with Gasteiger partial charge in [0.15, 0.2) is 5.96 Å². The lowest BCUT2D eigenvalue weighted by atomic mass is 10.3. The molecule has 118 valence electrons. The van der Waals surface area contributed by atoms with Gasteiger partial charge >= 0.3 is 0 Å². The summed E-state index contributed by atoms with van der Waals surface area (Å²) >= 11 is 0. The number of nitrogens with zero attached hydrogens (tertiary/aromatic N) is 5. The van der Waals surface area contributed by atoms with E-state index in [0.29, 0.717) is 18.5 Å². The third kappa shape index (κ3) is 3.76. The highest BCUT2D eigenvalue weighted by Gasteiger charge is 2.27. The van der Waals surface area contributed by atoms with Gasteiger partial charge in [0.2, 0.25) is 0 Å². The molecule has 0 spiro atoms. The summed E-state index contributed by atoms with van der Waals surface area (Å²) in [5.74, 6) is 2.39. The summed E-state index contributed by atoms with van der Waals surface area (Å²) in [6, 6.07) is 4.58. The molecule has 2 aromatic rings. The van der Waals surface area contributed by atoms with Crippen molar-refractivity contribution in [1.29, 1.82) is 0 Å². The summed E-state index contributed by atoms with van der Waals surface area (Å²) in [4.78, 5) is 15.1. The fourth-order valence-corrected chi connectivity index (χ4v) is 2.21. The first-order valence-corrected chi connectivity index (χ1v) is 7.13. The van der Waals surface area contributed by atoms with E-state index in [9.17, 15) is 0 Å². The van der Waals surface area contributed by atoms with Gasteiger partial charge in [-0.05, 0) is 31.4 Å². The largest absolute Gasteiger partial charge is 0.370 e. The molecule has 2 N–H and O–H groups in total. The average molecular weight is 412 g/mol. The van der Waals surface area contributed by atoms with Gasteiger partial charge in [0, 0.05) is 31.7 Å². The van der Waals surface area contributed by atoms with Crippen LogP contribution in [0.5, 0.6) is 0 Å². The Hall–Kier alpha value is -1.64. The average Bonchev–Trinajstić information content (AvgIpc) is 3.26. The van der Waals surface area contributed by atoms with Gasteiger partial charge < -0.3 is 10.6 Å².